The number of aryl methyl sites for hydroxylation is 1. The van der Waals surface area contributed by atoms with Gasteiger partial charge in [-0.2, -0.15) is 0 Å². The number of hydrogen-bond donors (Lipinski definition) is 2. The van der Waals surface area contributed by atoms with Crippen LogP contribution in [-0.4, -0.2) is 62.9 Å². The van der Waals surface area contributed by atoms with Crippen LogP contribution < -0.4 is 10.6 Å². The van der Waals surface area contributed by atoms with E-state index in [-0.39, 0.29) is 36.2 Å². The van der Waals surface area contributed by atoms with Crippen molar-refractivity contribution in [2.24, 2.45) is 4.99 Å². The van der Waals surface area contributed by atoms with Crippen LogP contribution in [0.3, 0.4) is 0 Å². The average Bonchev–Trinajstić information content (AvgIpc) is 2.78. The van der Waals surface area contributed by atoms with Crippen LogP contribution in [-0.2, 0) is 15.9 Å². The lowest BCUT2D eigenvalue weighted by molar-refractivity contribution is 0.0398. The molecule has 0 spiro atoms. The Balaban J connectivity index is 0.00000341. The molecule has 8 heteroatoms. The molecule has 0 aromatic heterocycles. The Bertz CT molecular complexity index is 708. The van der Waals surface area contributed by atoms with Gasteiger partial charge in [-0.1, -0.05) is 24.3 Å². The lowest BCUT2D eigenvalue weighted by Gasteiger charge is -2.32. The van der Waals surface area contributed by atoms with Crippen LogP contribution in [0.2, 0.25) is 0 Å². The van der Waals surface area contributed by atoms with Gasteiger partial charge in [0.2, 0.25) is 0 Å². The normalized spacial score (nSPS) is 19.2. The van der Waals surface area contributed by atoms with E-state index in [0.717, 1.165) is 51.2 Å². The number of nitrogens with one attached hydrogen (secondary N) is 2. The van der Waals surface area contributed by atoms with Gasteiger partial charge >= 0.3 is 6.09 Å². The van der Waals surface area contributed by atoms with Crippen LogP contribution in [0.25, 0.3) is 0 Å². The SMILES string of the molecule is CCOC(=O)N1CCC(NC(=NC)NCCCOC2CCCc3ccccc32)CC1.I. The zero-order valence-electron chi connectivity index (χ0n) is 18.8. The Hall–Kier alpha value is -1.55. The zero-order chi connectivity index (χ0) is 21.2. The minimum atomic E-state index is -0.209. The number of benzene rings is 1. The Labute approximate surface area is 203 Å². The molecular formula is C23H37IN4O3. The van der Waals surface area contributed by atoms with E-state index in [9.17, 15) is 4.79 Å². The van der Waals surface area contributed by atoms with E-state index in [1.54, 1.807) is 11.9 Å². The Morgan fingerprint density at radius 2 is 2.00 bits per heavy atom. The molecule has 1 fully saturated rings. The molecule has 1 aliphatic heterocycles. The van der Waals surface area contributed by atoms with Gasteiger partial charge in [0, 0.05) is 39.3 Å². The second-order valence-corrected chi connectivity index (χ2v) is 7.91. The fraction of sp³-hybridized carbons (Fsp3) is 0.652. The van der Waals surface area contributed by atoms with Gasteiger partial charge in [-0.15, -0.1) is 24.0 Å². The number of guanidine groups is 1. The zero-order valence-corrected chi connectivity index (χ0v) is 21.1. The third-order valence-electron chi connectivity index (χ3n) is 5.83. The van der Waals surface area contributed by atoms with Crippen LogP contribution in [0.15, 0.2) is 29.3 Å². The van der Waals surface area contributed by atoms with E-state index in [1.165, 1.54) is 17.5 Å². The summed E-state index contributed by atoms with van der Waals surface area (Å²) in [5.74, 6) is 0.813. The summed E-state index contributed by atoms with van der Waals surface area (Å²) < 4.78 is 11.3. The number of rotatable bonds is 7. The third kappa shape index (κ3) is 7.82. The van der Waals surface area contributed by atoms with Crippen molar-refractivity contribution in [2.45, 2.75) is 57.6 Å². The quantitative estimate of drug-likeness (QED) is 0.236. The number of carbonyl (C=O) groups excluding carboxylic acids is 1. The second-order valence-electron chi connectivity index (χ2n) is 7.91. The summed E-state index contributed by atoms with van der Waals surface area (Å²) in [6.45, 7) is 5.23. The molecule has 0 saturated carbocycles. The molecule has 0 radical (unpaired) electrons. The third-order valence-corrected chi connectivity index (χ3v) is 5.83. The average molecular weight is 544 g/mol. The summed E-state index contributed by atoms with van der Waals surface area (Å²) in [4.78, 5) is 17.9. The molecule has 2 N–H and O–H groups in total. The molecule has 174 valence electrons. The molecule has 1 heterocycles. The van der Waals surface area contributed by atoms with E-state index in [2.05, 4.69) is 39.9 Å². The van der Waals surface area contributed by atoms with E-state index in [4.69, 9.17) is 9.47 Å². The highest BCUT2D eigenvalue weighted by Crippen LogP contribution is 2.32. The highest BCUT2D eigenvalue weighted by atomic mass is 127. The van der Waals surface area contributed by atoms with E-state index in [1.807, 2.05) is 6.92 Å². The van der Waals surface area contributed by atoms with Crippen molar-refractivity contribution in [1.29, 1.82) is 0 Å². The maximum Gasteiger partial charge on any atom is 0.409 e. The Morgan fingerprint density at radius 3 is 2.74 bits per heavy atom. The monoisotopic (exact) mass is 544 g/mol. The lowest BCUT2D eigenvalue weighted by Crippen LogP contribution is -2.50. The minimum absolute atomic E-state index is 0. The number of piperidine rings is 1. The van der Waals surface area contributed by atoms with Gasteiger partial charge in [0.1, 0.15) is 0 Å². The summed E-state index contributed by atoms with van der Waals surface area (Å²) in [6, 6.07) is 8.96. The molecule has 31 heavy (non-hydrogen) atoms. The Kier molecular flexibility index (Phi) is 11.4. The summed E-state index contributed by atoms with van der Waals surface area (Å²) >= 11 is 0. The van der Waals surface area contributed by atoms with Crippen LogP contribution in [0.4, 0.5) is 4.79 Å². The predicted molar refractivity (Wildman–Crippen MR) is 134 cm³/mol. The number of carbonyl (C=O) groups is 1. The highest BCUT2D eigenvalue weighted by Gasteiger charge is 2.24. The van der Waals surface area contributed by atoms with Crippen molar-refractivity contribution in [3.8, 4) is 0 Å². The van der Waals surface area contributed by atoms with Crippen LogP contribution in [0, 0.1) is 0 Å². The number of amides is 1. The number of halogens is 1. The van der Waals surface area contributed by atoms with Gasteiger partial charge < -0.3 is 25.0 Å². The van der Waals surface area contributed by atoms with Gasteiger partial charge in [-0.3, -0.25) is 4.99 Å². The first-order valence-corrected chi connectivity index (χ1v) is 11.3. The van der Waals surface area contributed by atoms with Crippen molar-refractivity contribution in [3.63, 3.8) is 0 Å². The number of aliphatic imine (C=N–C) groups is 1. The van der Waals surface area contributed by atoms with Crippen LogP contribution in [0.5, 0.6) is 0 Å². The lowest BCUT2D eigenvalue weighted by atomic mass is 9.89. The predicted octanol–water partition coefficient (Wildman–Crippen LogP) is 3.87. The molecule has 1 amide bonds. The first-order chi connectivity index (χ1) is 14.7. The summed E-state index contributed by atoms with van der Waals surface area (Å²) in [5.41, 5.74) is 2.80. The fourth-order valence-corrected chi connectivity index (χ4v) is 4.20. The number of hydrogen-bond acceptors (Lipinski definition) is 4. The topological polar surface area (TPSA) is 75.2 Å². The number of ether oxygens (including phenoxy) is 2. The van der Waals surface area contributed by atoms with Gasteiger partial charge in [-0.05, 0) is 56.6 Å². The van der Waals surface area contributed by atoms with Crippen molar-refractivity contribution in [2.75, 3.05) is 39.9 Å². The fourth-order valence-electron chi connectivity index (χ4n) is 4.20. The molecule has 3 rings (SSSR count). The highest BCUT2D eigenvalue weighted by molar-refractivity contribution is 14.0. The maximum atomic E-state index is 11.8. The van der Waals surface area contributed by atoms with Gasteiger partial charge in [0.15, 0.2) is 5.96 Å². The molecule has 7 nitrogen and oxygen atoms in total. The Morgan fingerprint density at radius 1 is 1.23 bits per heavy atom. The smallest absolute Gasteiger partial charge is 0.409 e. The molecule has 0 bridgehead atoms. The van der Waals surface area contributed by atoms with Gasteiger partial charge in [0.25, 0.3) is 0 Å². The summed E-state index contributed by atoms with van der Waals surface area (Å²) in [6.07, 6.45) is 6.21. The van der Waals surface area contributed by atoms with Crippen molar-refractivity contribution >= 4 is 36.0 Å². The molecule has 1 aliphatic carbocycles. The van der Waals surface area contributed by atoms with Gasteiger partial charge in [0.05, 0.1) is 12.7 Å². The molecule has 1 aromatic carbocycles. The van der Waals surface area contributed by atoms with E-state index < -0.39 is 0 Å². The van der Waals surface area contributed by atoms with Crippen LogP contribution in [0.1, 0.15) is 56.3 Å². The minimum Gasteiger partial charge on any atom is -0.450 e. The molecular weight excluding hydrogens is 507 g/mol. The van der Waals surface area contributed by atoms with Crippen molar-refractivity contribution < 1.29 is 14.3 Å². The van der Waals surface area contributed by atoms with E-state index in [0.29, 0.717) is 25.7 Å². The largest absolute Gasteiger partial charge is 0.450 e. The van der Waals surface area contributed by atoms with Crippen molar-refractivity contribution in [1.82, 2.24) is 15.5 Å². The summed E-state index contributed by atoms with van der Waals surface area (Å²) in [5, 5.41) is 6.85. The molecule has 1 atom stereocenters. The van der Waals surface area contributed by atoms with Gasteiger partial charge in [-0.25, -0.2) is 4.79 Å². The summed E-state index contributed by atoms with van der Waals surface area (Å²) in [7, 11) is 1.79. The molecule has 1 saturated heterocycles. The van der Waals surface area contributed by atoms with Crippen LogP contribution >= 0.6 is 24.0 Å². The number of likely N-dealkylation sites (tertiary alicyclic amines) is 1. The number of nitrogens with zero attached hydrogens (tertiary/aromatic N) is 2. The van der Waals surface area contributed by atoms with Crippen molar-refractivity contribution in [3.05, 3.63) is 35.4 Å². The first-order valence-electron chi connectivity index (χ1n) is 11.3. The second kappa shape index (κ2) is 13.8. The standard InChI is InChI=1S/C23H36N4O3.HI/c1-3-29-23(28)27-15-12-19(13-16-27)26-22(24-2)25-14-7-17-30-21-11-6-9-18-8-4-5-10-20(18)21;/h4-5,8,10,19,21H,3,6-7,9,11-17H2,1-2H3,(H2,24,25,26);1H. The molecule has 2 aliphatic rings. The molecule has 1 unspecified atom stereocenters. The maximum absolute atomic E-state index is 11.8. The van der Waals surface area contributed by atoms with E-state index >= 15 is 0 Å². The first kappa shape index (κ1) is 25.7. The number of fused-ring (bicyclic) bond motifs is 1. The molecule has 1 aromatic rings.